The normalized spacial score (nSPS) is 8.25. The molecule has 0 aliphatic carbocycles. The van der Waals surface area contributed by atoms with Gasteiger partial charge in [0, 0.05) is 13.2 Å². The minimum absolute atomic E-state index is 0.795. The molecule has 74 valence electrons. The Labute approximate surface area is 76.6 Å². The molecule has 0 rings (SSSR count). The summed E-state index contributed by atoms with van der Waals surface area (Å²) in [5.41, 5.74) is 0. The van der Waals surface area contributed by atoms with E-state index < -0.39 is 0 Å². The Hall–Kier alpha value is -0.500. The molecule has 0 radical (unpaired) electrons. The Morgan fingerprint density at radius 3 is 1.83 bits per heavy atom. The minimum atomic E-state index is 0.795. The predicted molar refractivity (Wildman–Crippen MR) is 53.2 cm³/mol. The van der Waals surface area contributed by atoms with Crippen molar-refractivity contribution < 1.29 is 9.47 Å². The second-order valence-electron chi connectivity index (χ2n) is 2.23. The lowest BCUT2D eigenvalue weighted by molar-refractivity contribution is 0.148. The van der Waals surface area contributed by atoms with Crippen molar-refractivity contribution in [1.82, 2.24) is 0 Å². The maximum absolute atomic E-state index is 4.98. The highest BCUT2D eigenvalue weighted by atomic mass is 16.5. The van der Waals surface area contributed by atoms with Crippen LogP contribution in [0.1, 0.15) is 33.6 Å². The summed E-state index contributed by atoms with van der Waals surface area (Å²) in [7, 11) is 0. The van der Waals surface area contributed by atoms with Crippen molar-refractivity contribution in [3.63, 3.8) is 0 Å². The van der Waals surface area contributed by atoms with Gasteiger partial charge in [0.2, 0.25) is 0 Å². The first-order valence-corrected chi connectivity index (χ1v) is 4.63. The summed E-state index contributed by atoms with van der Waals surface area (Å²) >= 11 is 0. The van der Waals surface area contributed by atoms with Crippen LogP contribution >= 0.6 is 0 Å². The van der Waals surface area contributed by atoms with E-state index in [-0.39, 0.29) is 0 Å². The molecule has 0 N–H and O–H groups in total. The molecule has 0 aromatic rings. The summed E-state index contributed by atoms with van der Waals surface area (Å²) in [4.78, 5) is 0. The fourth-order valence-corrected chi connectivity index (χ4v) is 0.490. The fraction of sp³-hybridized carbons (Fsp3) is 0.800. The maximum Gasteiger partial charge on any atom is 0.0870 e. The van der Waals surface area contributed by atoms with Crippen molar-refractivity contribution in [3.05, 3.63) is 12.8 Å². The van der Waals surface area contributed by atoms with Gasteiger partial charge in [-0.25, -0.2) is 0 Å². The van der Waals surface area contributed by atoms with Gasteiger partial charge in [-0.2, -0.15) is 0 Å². The summed E-state index contributed by atoms with van der Waals surface area (Å²) in [6.07, 6.45) is 3.66. The van der Waals surface area contributed by atoms with Crippen LogP contribution < -0.4 is 0 Å². The molecule has 2 nitrogen and oxygen atoms in total. The largest absolute Gasteiger partial charge is 0.502 e. The van der Waals surface area contributed by atoms with E-state index in [0.717, 1.165) is 32.7 Å². The molecule has 0 amide bonds. The molecule has 0 aromatic heterocycles. The topological polar surface area (TPSA) is 18.5 Å². The number of rotatable bonds is 6. The van der Waals surface area contributed by atoms with Gasteiger partial charge in [-0.15, -0.1) is 0 Å². The highest BCUT2D eigenvalue weighted by molar-refractivity contribution is 4.46. The van der Waals surface area contributed by atoms with Crippen molar-refractivity contribution >= 4 is 0 Å². The highest BCUT2D eigenvalue weighted by Gasteiger charge is 1.72. The van der Waals surface area contributed by atoms with Gasteiger partial charge in [-0.3, -0.25) is 0 Å². The van der Waals surface area contributed by atoms with Gasteiger partial charge >= 0.3 is 0 Å². The second-order valence-corrected chi connectivity index (χ2v) is 2.23. The monoisotopic (exact) mass is 174 g/mol. The molecule has 0 spiro atoms. The number of ether oxygens (including phenoxy) is 2. The van der Waals surface area contributed by atoms with Crippen molar-refractivity contribution in [2.24, 2.45) is 0 Å². The molecule has 0 fully saturated rings. The molecule has 0 saturated carbocycles. The second kappa shape index (κ2) is 16.8. The lowest BCUT2D eigenvalue weighted by Gasteiger charge is -1.91. The SMILES string of the molecule is C=COCCC.CCCOCC. The van der Waals surface area contributed by atoms with Crippen LogP contribution in [0.4, 0.5) is 0 Å². The zero-order valence-corrected chi connectivity index (χ0v) is 8.64. The quantitative estimate of drug-likeness (QED) is 0.455. The molecular formula is C10H22O2. The summed E-state index contributed by atoms with van der Waals surface area (Å²) in [6, 6.07) is 0. The van der Waals surface area contributed by atoms with E-state index >= 15 is 0 Å². The third-order valence-electron chi connectivity index (χ3n) is 0.992. The highest BCUT2D eigenvalue weighted by Crippen LogP contribution is 1.76. The molecule has 0 bridgehead atoms. The summed E-state index contributed by atoms with van der Waals surface area (Å²) in [5.74, 6) is 0. The van der Waals surface area contributed by atoms with Gasteiger partial charge in [0.25, 0.3) is 0 Å². The third kappa shape index (κ3) is 22.7. The zero-order chi connectivity index (χ0) is 9.66. The average molecular weight is 174 g/mol. The summed E-state index contributed by atoms with van der Waals surface area (Å²) in [5, 5.41) is 0. The van der Waals surface area contributed by atoms with Crippen molar-refractivity contribution in [2.75, 3.05) is 19.8 Å². The minimum Gasteiger partial charge on any atom is -0.502 e. The Balaban J connectivity index is 0. The molecule has 2 heteroatoms. The van der Waals surface area contributed by atoms with E-state index in [1.807, 2.05) is 6.92 Å². The summed E-state index contributed by atoms with van der Waals surface area (Å²) < 4.78 is 9.73. The van der Waals surface area contributed by atoms with E-state index in [2.05, 4.69) is 20.4 Å². The fourth-order valence-electron chi connectivity index (χ4n) is 0.490. The lowest BCUT2D eigenvalue weighted by atomic mass is 10.5. The van der Waals surface area contributed by atoms with Gasteiger partial charge in [-0.05, 0) is 19.8 Å². The van der Waals surface area contributed by atoms with Crippen LogP contribution in [0.3, 0.4) is 0 Å². The lowest BCUT2D eigenvalue weighted by Crippen LogP contribution is -1.88. The van der Waals surface area contributed by atoms with E-state index in [4.69, 9.17) is 9.47 Å². The molecule has 0 aliphatic rings. The molecule has 0 atom stereocenters. The van der Waals surface area contributed by atoms with Gasteiger partial charge < -0.3 is 9.47 Å². The van der Waals surface area contributed by atoms with Gasteiger partial charge in [0.1, 0.15) is 0 Å². The maximum atomic E-state index is 4.98. The Morgan fingerprint density at radius 1 is 1.08 bits per heavy atom. The average Bonchev–Trinajstić information content (AvgIpc) is 2.12. The predicted octanol–water partition coefficient (Wildman–Crippen LogP) is 2.99. The molecule has 0 aliphatic heterocycles. The van der Waals surface area contributed by atoms with Crippen LogP contribution in [-0.4, -0.2) is 19.8 Å². The first kappa shape index (κ1) is 14.0. The Morgan fingerprint density at radius 2 is 1.67 bits per heavy atom. The van der Waals surface area contributed by atoms with Crippen molar-refractivity contribution in [2.45, 2.75) is 33.6 Å². The van der Waals surface area contributed by atoms with Crippen LogP contribution in [-0.2, 0) is 9.47 Å². The van der Waals surface area contributed by atoms with Gasteiger partial charge in [0.15, 0.2) is 0 Å². The van der Waals surface area contributed by atoms with Crippen molar-refractivity contribution in [3.8, 4) is 0 Å². The van der Waals surface area contributed by atoms with Crippen LogP contribution in [0.5, 0.6) is 0 Å². The van der Waals surface area contributed by atoms with Crippen LogP contribution in [0, 0.1) is 0 Å². The van der Waals surface area contributed by atoms with Gasteiger partial charge in [-0.1, -0.05) is 20.4 Å². The first-order chi connectivity index (χ1) is 5.83. The smallest absolute Gasteiger partial charge is 0.0870 e. The van der Waals surface area contributed by atoms with E-state index in [1.54, 1.807) is 0 Å². The first-order valence-electron chi connectivity index (χ1n) is 4.63. The van der Waals surface area contributed by atoms with E-state index in [1.165, 1.54) is 6.26 Å². The standard InChI is InChI=1S/C5H12O.C5H10O/c2*1-3-5-6-4-2/h3-5H2,1-2H3;4H,2-3,5H2,1H3. The Kier molecular flexibility index (Phi) is 19.7. The number of hydrogen-bond acceptors (Lipinski definition) is 2. The molecular weight excluding hydrogens is 152 g/mol. The zero-order valence-electron chi connectivity index (χ0n) is 8.64. The van der Waals surface area contributed by atoms with E-state index in [0.29, 0.717) is 0 Å². The van der Waals surface area contributed by atoms with E-state index in [9.17, 15) is 0 Å². The number of hydrogen-bond donors (Lipinski definition) is 0. The third-order valence-corrected chi connectivity index (χ3v) is 0.992. The van der Waals surface area contributed by atoms with Crippen LogP contribution in [0.25, 0.3) is 0 Å². The Bertz CT molecular complexity index is 68.2. The van der Waals surface area contributed by atoms with Crippen LogP contribution in [0.15, 0.2) is 12.8 Å². The molecule has 0 saturated heterocycles. The molecule has 0 heterocycles. The van der Waals surface area contributed by atoms with Crippen LogP contribution in [0.2, 0.25) is 0 Å². The molecule has 0 aromatic carbocycles. The molecule has 12 heavy (non-hydrogen) atoms. The van der Waals surface area contributed by atoms with Crippen molar-refractivity contribution in [1.29, 1.82) is 0 Å². The van der Waals surface area contributed by atoms with Gasteiger partial charge in [0.05, 0.1) is 12.9 Å². The molecule has 0 unspecified atom stereocenters. The summed E-state index contributed by atoms with van der Waals surface area (Å²) in [6.45, 7) is 12.1.